The molecular formula is C20H18F3N5O. The SMILES string of the molecule is CNc1cc(Nc2ccc(NC(=O)Cc3cccc(C(F)(F)F)c3)cc2)ncn1. The quantitative estimate of drug-likeness (QED) is 0.568. The Bertz CT molecular complexity index is 990. The summed E-state index contributed by atoms with van der Waals surface area (Å²) in [6.07, 6.45) is -3.17. The number of carbonyl (C=O) groups excluding carboxylic acids is 1. The van der Waals surface area contributed by atoms with E-state index in [4.69, 9.17) is 0 Å². The van der Waals surface area contributed by atoms with Crippen molar-refractivity contribution in [2.45, 2.75) is 12.6 Å². The van der Waals surface area contributed by atoms with E-state index in [1.54, 1.807) is 37.4 Å². The lowest BCUT2D eigenvalue weighted by atomic mass is 10.1. The monoisotopic (exact) mass is 401 g/mol. The van der Waals surface area contributed by atoms with Crippen molar-refractivity contribution < 1.29 is 18.0 Å². The molecule has 0 aliphatic rings. The van der Waals surface area contributed by atoms with E-state index in [1.165, 1.54) is 18.5 Å². The van der Waals surface area contributed by atoms with Crippen LogP contribution in [-0.2, 0) is 17.4 Å². The van der Waals surface area contributed by atoms with Gasteiger partial charge in [0.25, 0.3) is 0 Å². The Labute approximate surface area is 165 Å². The van der Waals surface area contributed by atoms with Crippen LogP contribution in [-0.4, -0.2) is 22.9 Å². The number of nitrogens with one attached hydrogen (secondary N) is 3. The number of carbonyl (C=O) groups is 1. The fraction of sp³-hybridized carbons (Fsp3) is 0.150. The van der Waals surface area contributed by atoms with E-state index in [1.807, 2.05) is 0 Å². The van der Waals surface area contributed by atoms with Gasteiger partial charge in [0.15, 0.2) is 0 Å². The third-order valence-corrected chi connectivity index (χ3v) is 3.98. The zero-order valence-electron chi connectivity index (χ0n) is 15.4. The molecule has 0 atom stereocenters. The van der Waals surface area contributed by atoms with Gasteiger partial charge >= 0.3 is 6.18 Å². The Morgan fingerprint density at radius 2 is 1.66 bits per heavy atom. The van der Waals surface area contributed by atoms with Crippen molar-refractivity contribution in [2.75, 3.05) is 23.0 Å². The van der Waals surface area contributed by atoms with Crippen molar-refractivity contribution in [1.82, 2.24) is 9.97 Å². The molecule has 1 amide bonds. The van der Waals surface area contributed by atoms with Gasteiger partial charge in [-0.25, -0.2) is 9.97 Å². The molecule has 3 N–H and O–H groups in total. The van der Waals surface area contributed by atoms with Crippen molar-refractivity contribution in [3.63, 3.8) is 0 Å². The average molecular weight is 401 g/mol. The number of hydrogen-bond donors (Lipinski definition) is 3. The highest BCUT2D eigenvalue weighted by Gasteiger charge is 2.30. The standard InChI is InChI=1S/C20H18F3N5O/c1-24-17-11-18(26-12-25-17)27-15-5-7-16(8-6-15)28-19(29)10-13-3-2-4-14(9-13)20(21,22)23/h2-9,11-12H,10H2,1H3,(H,28,29)(H2,24,25,26,27). The van der Waals surface area contributed by atoms with Crippen LogP contribution in [0.4, 0.5) is 36.2 Å². The molecule has 0 saturated carbocycles. The van der Waals surface area contributed by atoms with Crippen LogP contribution in [0.5, 0.6) is 0 Å². The number of hydrogen-bond acceptors (Lipinski definition) is 5. The topological polar surface area (TPSA) is 78.9 Å². The summed E-state index contributed by atoms with van der Waals surface area (Å²) in [4.78, 5) is 20.3. The van der Waals surface area contributed by atoms with E-state index in [2.05, 4.69) is 25.9 Å². The summed E-state index contributed by atoms with van der Waals surface area (Å²) in [5.41, 5.74) is 0.803. The van der Waals surface area contributed by atoms with Gasteiger partial charge in [0, 0.05) is 24.5 Å². The van der Waals surface area contributed by atoms with Crippen LogP contribution in [0.2, 0.25) is 0 Å². The highest BCUT2D eigenvalue weighted by Crippen LogP contribution is 2.29. The smallest absolute Gasteiger partial charge is 0.373 e. The number of amides is 1. The fourth-order valence-electron chi connectivity index (χ4n) is 2.60. The van der Waals surface area contributed by atoms with Gasteiger partial charge in [-0.05, 0) is 35.9 Å². The number of alkyl halides is 3. The van der Waals surface area contributed by atoms with Gasteiger partial charge in [-0.15, -0.1) is 0 Å². The van der Waals surface area contributed by atoms with E-state index in [0.29, 0.717) is 22.9 Å². The molecule has 0 radical (unpaired) electrons. The molecule has 0 aliphatic carbocycles. The third kappa shape index (κ3) is 5.68. The van der Waals surface area contributed by atoms with Gasteiger partial charge in [0.2, 0.25) is 5.91 Å². The summed E-state index contributed by atoms with van der Waals surface area (Å²) >= 11 is 0. The van der Waals surface area contributed by atoms with E-state index in [-0.39, 0.29) is 6.42 Å². The van der Waals surface area contributed by atoms with Gasteiger partial charge in [-0.3, -0.25) is 4.79 Å². The zero-order valence-corrected chi connectivity index (χ0v) is 15.4. The first-order valence-electron chi connectivity index (χ1n) is 8.66. The first-order valence-corrected chi connectivity index (χ1v) is 8.66. The predicted molar refractivity (Wildman–Crippen MR) is 105 cm³/mol. The average Bonchev–Trinajstić information content (AvgIpc) is 2.69. The maximum atomic E-state index is 12.8. The second kappa shape index (κ2) is 8.59. The molecule has 2 aromatic carbocycles. The first-order chi connectivity index (χ1) is 13.8. The third-order valence-electron chi connectivity index (χ3n) is 3.98. The van der Waals surface area contributed by atoms with E-state index < -0.39 is 17.6 Å². The molecule has 150 valence electrons. The number of halogens is 3. The van der Waals surface area contributed by atoms with Gasteiger partial charge in [-0.2, -0.15) is 13.2 Å². The fourth-order valence-corrected chi connectivity index (χ4v) is 2.60. The number of nitrogens with zero attached hydrogens (tertiary/aromatic N) is 2. The molecule has 6 nitrogen and oxygen atoms in total. The summed E-state index contributed by atoms with van der Waals surface area (Å²) in [7, 11) is 1.75. The van der Waals surface area contributed by atoms with Crippen LogP contribution in [0.3, 0.4) is 0 Å². The molecule has 9 heteroatoms. The number of aromatic nitrogens is 2. The van der Waals surface area contributed by atoms with Crippen molar-refractivity contribution in [3.8, 4) is 0 Å². The van der Waals surface area contributed by atoms with Crippen molar-refractivity contribution in [2.24, 2.45) is 0 Å². The number of benzene rings is 2. The van der Waals surface area contributed by atoms with Crippen LogP contribution >= 0.6 is 0 Å². The van der Waals surface area contributed by atoms with Crippen molar-refractivity contribution in [3.05, 3.63) is 72.1 Å². The Morgan fingerprint density at radius 1 is 0.966 bits per heavy atom. The van der Waals surface area contributed by atoms with E-state index in [0.717, 1.165) is 17.8 Å². The molecule has 1 aromatic heterocycles. The number of anilines is 4. The molecule has 0 fully saturated rings. The summed E-state index contributed by atoms with van der Waals surface area (Å²) < 4.78 is 38.3. The highest BCUT2D eigenvalue weighted by atomic mass is 19.4. The predicted octanol–water partition coefficient (Wildman–Crippen LogP) is 4.46. The van der Waals surface area contributed by atoms with Gasteiger partial charge in [0.1, 0.15) is 18.0 Å². The summed E-state index contributed by atoms with van der Waals surface area (Å²) in [6.45, 7) is 0. The van der Waals surface area contributed by atoms with Crippen LogP contribution < -0.4 is 16.0 Å². The molecule has 3 rings (SSSR count). The zero-order chi connectivity index (χ0) is 20.9. The normalized spacial score (nSPS) is 11.0. The van der Waals surface area contributed by atoms with Crippen LogP contribution in [0.1, 0.15) is 11.1 Å². The summed E-state index contributed by atoms with van der Waals surface area (Å²) in [6, 6.07) is 13.4. The second-order valence-electron chi connectivity index (χ2n) is 6.16. The first kappa shape index (κ1) is 20.1. The molecule has 1 heterocycles. The molecule has 0 aliphatic heterocycles. The molecule has 3 aromatic rings. The van der Waals surface area contributed by atoms with Crippen molar-refractivity contribution in [1.29, 1.82) is 0 Å². The lowest BCUT2D eigenvalue weighted by Crippen LogP contribution is -2.15. The van der Waals surface area contributed by atoms with Crippen LogP contribution in [0.25, 0.3) is 0 Å². The number of rotatable bonds is 6. The minimum absolute atomic E-state index is 0.155. The Hall–Kier alpha value is -3.62. The molecular weight excluding hydrogens is 383 g/mol. The van der Waals surface area contributed by atoms with E-state index in [9.17, 15) is 18.0 Å². The van der Waals surface area contributed by atoms with Gasteiger partial charge < -0.3 is 16.0 Å². The van der Waals surface area contributed by atoms with Crippen LogP contribution in [0, 0.1) is 0 Å². The van der Waals surface area contributed by atoms with Crippen molar-refractivity contribution >= 4 is 28.9 Å². The van der Waals surface area contributed by atoms with Gasteiger partial charge in [-0.1, -0.05) is 18.2 Å². The molecule has 29 heavy (non-hydrogen) atoms. The maximum Gasteiger partial charge on any atom is 0.416 e. The van der Waals surface area contributed by atoms with Gasteiger partial charge in [0.05, 0.1) is 12.0 Å². The molecule has 0 unspecified atom stereocenters. The molecule has 0 bridgehead atoms. The summed E-state index contributed by atoms with van der Waals surface area (Å²) in [5, 5.41) is 8.70. The van der Waals surface area contributed by atoms with Crippen LogP contribution in [0.15, 0.2) is 60.9 Å². The second-order valence-corrected chi connectivity index (χ2v) is 6.16. The highest BCUT2D eigenvalue weighted by molar-refractivity contribution is 5.92. The Balaban J connectivity index is 1.60. The minimum Gasteiger partial charge on any atom is -0.373 e. The Morgan fingerprint density at radius 3 is 2.34 bits per heavy atom. The van der Waals surface area contributed by atoms with E-state index >= 15 is 0 Å². The molecule has 0 saturated heterocycles. The summed E-state index contributed by atoms with van der Waals surface area (Å²) in [5.74, 6) is 0.867. The lowest BCUT2D eigenvalue weighted by molar-refractivity contribution is -0.137. The lowest BCUT2D eigenvalue weighted by Gasteiger charge is -2.10. The largest absolute Gasteiger partial charge is 0.416 e. The molecule has 0 spiro atoms. The Kier molecular flexibility index (Phi) is 5.96. The maximum absolute atomic E-state index is 12.8. The minimum atomic E-state index is -4.44.